The summed E-state index contributed by atoms with van der Waals surface area (Å²) in [6.45, 7) is 2.03. The van der Waals surface area contributed by atoms with Gasteiger partial charge in [-0.25, -0.2) is 0 Å². The molecule has 0 bridgehead atoms. The minimum atomic E-state index is 0.457. The van der Waals surface area contributed by atoms with Crippen LogP contribution in [-0.2, 0) is 0 Å². The number of hydrogen-bond donors (Lipinski definition) is 1. The van der Waals surface area contributed by atoms with E-state index in [0.717, 1.165) is 11.3 Å². The van der Waals surface area contributed by atoms with Crippen molar-refractivity contribution in [2.75, 3.05) is 5.32 Å². The van der Waals surface area contributed by atoms with E-state index in [1.807, 2.05) is 37.3 Å². The van der Waals surface area contributed by atoms with Gasteiger partial charge in [0.1, 0.15) is 0 Å². The molecule has 16 heavy (non-hydrogen) atoms. The lowest BCUT2D eigenvalue weighted by molar-refractivity contribution is 1.04. The molecule has 1 aromatic heterocycles. The minimum Gasteiger partial charge on any atom is -0.275 e. The zero-order valence-corrected chi connectivity index (χ0v) is 8.81. The molecule has 0 radical (unpaired) electrons. The van der Waals surface area contributed by atoms with Crippen LogP contribution in [0.5, 0.6) is 0 Å². The Balaban J connectivity index is 2.32. The zero-order chi connectivity index (χ0) is 11.4. The summed E-state index contributed by atoms with van der Waals surface area (Å²) in [5.41, 5.74) is 3.00. The molecular formula is C12H10N4. The summed E-state index contributed by atoms with van der Waals surface area (Å²) in [5.74, 6) is 0.457. The predicted octanol–water partition coefficient (Wildman–Crippen LogP) is 2.34. The molecule has 2 rings (SSSR count). The highest BCUT2D eigenvalue weighted by Gasteiger charge is 2.00. The highest BCUT2D eigenvalue weighted by molar-refractivity contribution is 5.60. The fourth-order valence-corrected chi connectivity index (χ4v) is 1.41. The molecular weight excluding hydrogens is 200 g/mol. The van der Waals surface area contributed by atoms with Crippen LogP contribution in [0.15, 0.2) is 36.4 Å². The molecule has 2 aromatic rings. The first-order valence-corrected chi connectivity index (χ1v) is 4.85. The van der Waals surface area contributed by atoms with E-state index in [-0.39, 0.29) is 0 Å². The third-order valence-corrected chi connectivity index (χ3v) is 2.16. The van der Waals surface area contributed by atoms with Gasteiger partial charge in [0.2, 0.25) is 0 Å². The van der Waals surface area contributed by atoms with Crippen molar-refractivity contribution in [3.8, 4) is 17.5 Å². The molecule has 1 N–H and O–H groups in total. The number of nitrogens with zero attached hydrogens (tertiary/aromatic N) is 3. The summed E-state index contributed by atoms with van der Waals surface area (Å²) in [4.78, 5) is 0. The lowest BCUT2D eigenvalue weighted by Gasteiger charge is -2.01. The van der Waals surface area contributed by atoms with E-state index in [4.69, 9.17) is 5.26 Å². The average Bonchev–Trinajstić information content (AvgIpc) is 2.30. The second-order valence-electron chi connectivity index (χ2n) is 3.41. The van der Waals surface area contributed by atoms with Gasteiger partial charge in [0.15, 0.2) is 12.0 Å². The smallest absolute Gasteiger partial charge is 0.182 e. The van der Waals surface area contributed by atoms with Crippen molar-refractivity contribution in [2.24, 2.45) is 0 Å². The van der Waals surface area contributed by atoms with Crippen LogP contribution in [-0.4, -0.2) is 10.2 Å². The van der Waals surface area contributed by atoms with Gasteiger partial charge in [0.25, 0.3) is 0 Å². The van der Waals surface area contributed by atoms with Gasteiger partial charge in [-0.15, -0.1) is 10.2 Å². The number of benzene rings is 1. The highest BCUT2D eigenvalue weighted by atomic mass is 15.2. The lowest BCUT2D eigenvalue weighted by Crippen LogP contribution is -1.94. The molecule has 0 saturated heterocycles. The van der Waals surface area contributed by atoms with Gasteiger partial charge in [-0.05, 0) is 25.1 Å². The molecule has 4 heteroatoms. The van der Waals surface area contributed by atoms with Gasteiger partial charge < -0.3 is 0 Å². The largest absolute Gasteiger partial charge is 0.275 e. The third-order valence-electron chi connectivity index (χ3n) is 2.16. The number of anilines is 1. The van der Waals surface area contributed by atoms with Gasteiger partial charge in [0.05, 0.1) is 5.69 Å². The summed E-state index contributed by atoms with van der Waals surface area (Å²) >= 11 is 0. The van der Waals surface area contributed by atoms with Crippen molar-refractivity contribution in [2.45, 2.75) is 6.92 Å². The maximum atomic E-state index is 8.41. The molecule has 0 atom stereocenters. The number of nitrogens with one attached hydrogen (secondary N) is 1. The van der Waals surface area contributed by atoms with Crippen molar-refractivity contribution in [3.63, 3.8) is 0 Å². The number of rotatable bonds is 2. The quantitative estimate of drug-likeness (QED) is 0.610. The Bertz CT molecular complexity index is 525. The molecule has 0 saturated carbocycles. The van der Waals surface area contributed by atoms with Gasteiger partial charge in [-0.2, -0.15) is 5.26 Å². The van der Waals surface area contributed by atoms with Crippen LogP contribution in [0.3, 0.4) is 0 Å². The van der Waals surface area contributed by atoms with Crippen molar-refractivity contribution in [1.82, 2.24) is 10.2 Å². The van der Waals surface area contributed by atoms with E-state index in [1.54, 1.807) is 12.3 Å². The number of hydrogen-bond acceptors (Lipinski definition) is 4. The van der Waals surface area contributed by atoms with Crippen LogP contribution in [0.4, 0.5) is 5.82 Å². The second kappa shape index (κ2) is 4.41. The molecule has 4 nitrogen and oxygen atoms in total. The lowest BCUT2D eigenvalue weighted by atomic mass is 10.1. The maximum Gasteiger partial charge on any atom is 0.182 e. The molecule has 0 aliphatic heterocycles. The fourth-order valence-electron chi connectivity index (χ4n) is 1.41. The van der Waals surface area contributed by atoms with E-state index >= 15 is 0 Å². The van der Waals surface area contributed by atoms with Gasteiger partial charge in [0, 0.05) is 5.56 Å². The van der Waals surface area contributed by atoms with Crippen molar-refractivity contribution in [3.05, 3.63) is 42.0 Å². The Hall–Kier alpha value is -2.41. The van der Waals surface area contributed by atoms with Crippen LogP contribution in [0, 0.1) is 18.4 Å². The molecule has 0 aliphatic carbocycles. The standard InChI is InChI=1S/C12H10N4/c1-9-3-2-4-10(7-9)11-5-6-12(14-8-13)16-15-11/h2-7H,1H3,(H,14,16). The Kier molecular flexibility index (Phi) is 2.79. The normalized spacial score (nSPS) is 9.50. The Morgan fingerprint density at radius 2 is 2.06 bits per heavy atom. The van der Waals surface area contributed by atoms with Crippen LogP contribution < -0.4 is 5.32 Å². The Labute approximate surface area is 93.6 Å². The van der Waals surface area contributed by atoms with Gasteiger partial charge in [-0.1, -0.05) is 23.8 Å². The first-order chi connectivity index (χ1) is 7.79. The Morgan fingerprint density at radius 1 is 1.19 bits per heavy atom. The van der Waals surface area contributed by atoms with Crippen LogP contribution in [0.2, 0.25) is 0 Å². The predicted molar refractivity (Wildman–Crippen MR) is 61.4 cm³/mol. The summed E-state index contributed by atoms with van der Waals surface area (Å²) < 4.78 is 0. The fraction of sp³-hybridized carbons (Fsp3) is 0.0833. The molecule has 0 aliphatic rings. The van der Waals surface area contributed by atoms with E-state index in [9.17, 15) is 0 Å². The second-order valence-corrected chi connectivity index (χ2v) is 3.41. The molecule has 1 heterocycles. The molecule has 78 valence electrons. The monoisotopic (exact) mass is 210 g/mol. The van der Waals surface area contributed by atoms with Gasteiger partial charge >= 0.3 is 0 Å². The van der Waals surface area contributed by atoms with E-state index < -0.39 is 0 Å². The molecule has 0 fully saturated rings. The van der Waals surface area contributed by atoms with E-state index in [0.29, 0.717) is 5.82 Å². The summed E-state index contributed by atoms with van der Waals surface area (Å²) in [7, 11) is 0. The first-order valence-electron chi connectivity index (χ1n) is 4.85. The van der Waals surface area contributed by atoms with E-state index in [1.165, 1.54) is 5.56 Å². The zero-order valence-electron chi connectivity index (χ0n) is 8.81. The summed E-state index contributed by atoms with van der Waals surface area (Å²) in [5, 5.41) is 18.8. The number of aromatic nitrogens is 2. The van der Waals surface area contributed by atoms with Crippen LogP contribution >= 0.6 is 0 Å². The number of nitriles is 1. The van der Waals surface area contributed by atoms with Crippen molar-refractivity contribution >= 4 is 5.82 Å². The molecule has 1 aromatic carbocycles. The Morgan fingerprint density at radius 3 is 2.69 bits per heavy atom. The topological polar surface area (TPSA) is 61.6 Å². The van der Waals surface area contributed by atoms with Crippen LogP contribution in [0.1, 0.15) is 5.56 Å². The van der Waals surface area contributed by atoms with Crippen LogP contribution in [0.25, 0.3) is 11.3 Å². The minimum absolute atomic E-state index is 0.457. The molecule has 0 amide bonds. The molecule has 0 unspecified atom stereocenters. The van der Waals surface area contributed by atoms with E-state index in [2.05, 4.69) is 15.5 Å². The SMILES string of the molecule is Cc1cccc(-c2ccc(NC#N)nn2)c1. The first kappa shape index (κ1) is 10.1. The third kappa shape index (κ3) is 2.15. The summed E-state index contributed by atoms with van der Waals surface area (Å²) in [6, 6.07) is 11.6. The average molecular weight is 210 g/mol. The maximum absolute atomic E-state index is 8.41. The van der Waals surface area contributed by atoms with Crippen molar-refractivity contribution < 1.29 is 0 Å². The highest BCUT2D eigenvalue weighted by Crippen LogP contribution is 2.17. The number of aryl methyl sites for hydroxylation is 1. The summed E-state index contributed by atoms with van der Waals surface area (Å²) in [6.07, 6.45) is 1.80. The molecule has 0 spiro atoms. The van der Waals surface area contributed by atoms with Gasteiger partial charge in [-0.3, -0.25) is 5.32 Å². The van der Waals surface area contributed by atoms with Crippen molar-refractivity contribution in [1.29, 1.82) is 5.26 Å².